The Labute approximate surface area is 184 Å². The number of fused-ring (bicyclic) bond motifs is 1. The summed E-state index contributed by atoms with van der Waals surface area (Å²) in [6.07, 6.45) is 1.54. The Bertz CT molecular complexity index is 1400. The lowest BCUT2D eigenvalue weighted by Crippen LogP contribution is -2.33. The molecule has 32 heavy (non-hydrogen) atoms. The van der Waals surface area contributed by atoms with Crippen molar-refractivity contribution in [1.29, 1.82) is 0 Å². The lowest BCUT2D eigenvalue weighted by molar-refractivity contribution is -0.384. The molecule has 1 aliphatic heterocycles. The van der Waals surface area contributed by atoms with Gasteiger partial charge in [0.15, 0.2) is 5.78 Å². The molecule has 0 bridgehead atoms. The van der Waals surface area contributed by atoms with Crippen molar-refractivity contribution in [2.24, 2.45) is 14.1 Å². The van der Waals surface area contributed by atoms with Crippen LogP contribution >= 0.6 is 11.8 Å². The molecule has 11 heteroatoms. The minimum absolute atomic E-state index is 0.159. The summed E-state index contributed by atoms with van der Waals surface area (Å²) in [6, 6.07) is 10.2. The third-order valence-corrected chi connectivity index (χ3v) is 6.08. The van der Waals surface area contributed by atoms with Crippen LogP contribution in [0.15, 0.2) is 52.2 Å². The number of amides is 2. The van der Waals surface area contributed by atoms with Crippen molar-refractivity contribution in [1.82, 2.24) is 14.0 Å². The molecule has 0 atom stereocenters. The average Bonchev–Trinajstić information content (AvgIpc) is 3.16. The Balaban J connectivity index is 1.56. The van der Waals surface area contributed by atoms with Gasteiger partial charge in [-0.2, -0.15) is 0 Å². The lowest BCUT2D eigenvalue weighted by atomic mass is 10.1. The van der Waals surface area contributed by atoms with Crippen LogP contribution in [0.25, 0.3) is 17.1 Å². The minimum atomic E-state index is -0.600. The van der Waals surface area contributed by atoms with Gasteiger partial charge >= 0.3 is 5.69 Å². The Hall–Kier alpha value is -3.99. The van der Waals surface area contributed by atoms with Crippen LogP contribution in [0.2, 0.25) is 0 Å². The number of ketones is 1. The topological polar surface area (TPSA) is 125 Å². The van der Waals surface area contributed by atoms with E-state index in [9.17, 15) is 29.3 Å². The average molecular weight is 452 g/mol. The number of non-ortho nitro benzene ring substituents is 1. The largest absolute Gasteiger partial charge is 0.328 e. The molecule has 4 rings (SSSR count). The number of nitro benzene ring substituents is 1. The van der Waals surface area contributed by atoms with Crippen molar-refractivity contribution in [3.05, 3.63) is 79.1 Å². The molecule has 2 aromatic carbocycles. The van der Waals surface area contributed by atoms with Gasteiger partial charge in [0.2, 0.25) is 0 Å². The van der Waals surface area contributed by atoms with Gasteiger partial charge in [-0.1, -0.05) is 6.07 Å². The number of thioether (sulfide) groups is 1. The van der Waals surface area contributed by atoms with E-state index in [0.717, 1.165) is 22.2 Å². The monoisotopic (exact) mass is 452 g/mol. The molecule has 0 unspecified atom stereocenters. The summed E-state index contributed by atoms with van der Waals surface area (Å²) in [5, 5.41) is 10.2. The SMILES string of the molecule is Cn1c(=O)n(C)c2cc(/C=C3/SC(=O)N(CC(=O)c4ccc([N+](=O)[O-])cc4)C3=O)ccc21. The summed E-state index contributed by atoms with van der Waals surface area (Å²) in [7, 11) is 3.31. The van der Waals surface area contributed by atoms with E-state index in [1.54, 1.807) is 32.3 Å². The van der Waals surface area contributed by atoms with Crippen LogP contribution in [-0.2, 0) is 18.9 Å². The van der Waals surface area contributed by atoms with Crippen molar-refractivity contribution in [2.75, 3.05) is 6.54 Å². The summed E-state index contributed by atoms with van der Waals surface area (Å²) in [5.41, 5.74) is 1.86. The van der Waals surface area contributed by atoms with Crippen molar-refractivity contribution >= 4 is 51.5 Å². The highest BCUT2D eigenvalue weighted by Gasteiger charge is 2.36. The first-order valence-electron chi connectivity index (χ1n) is 9.36. The summed E-state index contributed by atoms with van der Waals surface area (Å²) >= 11 is 0.721. The second-order valence-corrected chi connectivity index (χ2v) is 8.14. The maximum Gasteiger partial charge on any atom is 0.328 e. The molecule has 0 aliphatic carbocycles. The summed E-state index contributed by atoms with van der Waals surface area (Å²) in [6.45, 7) is -0.466. The van der Waals surface area contributed by atoms with E-state index in [-0.39, 0.29) is 21.8 Å². The van der Waals surface area contributed by atoms with E-state index in [2.05, 4.69) is 0 Å². The summed E-state index contributed by atoms with van der Waals surface area (Å²) < 4.78 is 3.00. The van der Waals surface area contributed by atoms with Gasteiger partial charge in [0, 0.05) is 31.8 Å². The van der Waals surface area contributed by atoms with E-state index >= 15 is 0 Å². The number of aryl methyl sites for hydroxylation is 2. The Morgan fingerprint density at radius 3 is 2.34 bits per heavy atom. The first-order valence-corrected chi connectivity index (χ1v) is 10.2. The lowest BCUT2D eigenvalue weighted by Gasteiger charge is -2.11. The molecule has 2 amide bonds. The number of aromatic nitrogens is 2. The third kappa shape index (κ3) is 3.62. The van der Waals surface area contributed by atoms with Gasteiger partial charge in [-0.05, 0) is 47.7 Å². The van der Waals surface area contributed by atoms with E-state index in [0.29, 0.717) is 11.1 Å². The number of imidazole rings is 1. The van der Waals surface area contributed by atoms with Gasteiger partial charge in [-0.15, -0.1) is 0 Å². The van der Waals surface area contributed by atoms with Gasteiger partial charge < -0.3 is 0 Å². The van der Waals surface area contributed by atoms with E-state index in [4.69, 9.17) is 0 Å². The highest BCUT2D eigenvalue weighted by molar-refractivity contribution is 8.18. The first kappa shape index (κ1) is 21.2. The molecule has 1 saturated heterocycles. The van der Waals surface area contributed by atoms with E-state index in [1.807, 2.05) is 0 Å². The number of imide groups is 1. The number of hydrogen-bond donors (Lipinski definition) is 0. The van der Waals surface area contributed by atoms with Gasteiger partial charge in [0.25, 0.3) is 16.8 Å². The number of carbonyl (C=O) groups excluding carboxylic acids is 3. The second-order valence-electron chi connectivity index (χ2n) is 7.14. The van der Waals surface area contributed by atoms with Crippen LogP contribution < -0.4 is 5.69 Å². The fourth-order valence-corrected chi connectivity index (χ4v) is 4.24. The number of Topliss-reactive ketones (excluding diaryl/α,β-unsaturated/α-hetero) is 1. The van der Waals surface area contributed by atoms with E-state index < -0.39 is 28.4 Å². The molecule has 162 valence electrons. The van der Waals surface area contributed by atoms with Crippen LogP contribution in [-0.4, -0.2) is 42.4 Å². The zero-order chi connectivity index (χ0) is 23.2. The minimum Gasteiger partial charge on any atom is -0.295 e. The van der Waals surface area contributed by atoms with Crippen LogP contribution in [0.4, 0.5) is 10.5 Å². The van der Waals surface area contributed by atoms with E-state index in [1.165, 1.54) is 39.5 Å². The molecule has 0 spiro atoms. The van der Waals surface area contributed by atoms with Gasteiger partial charge in [0.1, 0.15) is 0 Å². The number of carbonyl (C=O) groups is 3. The zero-order valence-corrected chi connectivity index (χ0v) is 17.8. The Morgan fingerprint density at radius 1 is 1.03 bits per heavy atom. The van der Waals surface area contributed by atoms with Gasteiger partial charge in [-0.25, -0.2) is 4.79 Å². The number of hydrogen-bond acceptors (Lipinski definition) is 7. The number of nitro groups is 1. The maximum atomic E-state index is 12.7. The van der Waals surface area contributed by atoms with Crippen LogP contribution in [0.5, 0.6) is 0 Å². The highest BCUT2D eigenvalue weighted by Crippen LogP contribution is 2.32. The zero-order valence-electron chi connectivity index (χ0n) is 17.0. The van der Waals surface area contributed by atoms with Crippen molar-refractivity contribution < 1.29 is 19.3 Å². The summed E-state index contributed by atoms with van der Waals surface area (Å²) in [4.78, 5) is 60.8. The molecule has 1 aromatic heterocycles. The smallest absolute Gasteiger partial charge is 0.295 e. The predicted molar refractivity (Wildman–Crippen MR) is 118 cm³/mol. The normalized spacial score (nSPS) is 15.2. The fourth-order valence-electron chi connectivity index (χ4n) is 3.41. The Kier molecular flexibility index (Phi) is 5.26. The number of nitrogens with zero attached hydrogens (tertiary/aromatic N) is 4. The molecule has 1 aliphatic rings. The molecule has 10 nitrogen and oxygen atoms in total. The van der Waals surface area contributed by atoms with Crippen molar-refractivity contribution in [3.63, 3.8) is 0 Å². The first-order chi connectivity index (χ1) is 15.2. The van der Waals surface area contributed by atoms with Crippen LogP contribution in [0, 0.1) is 10.1 Å². The molecule has 0 radical (unpaired) electrons. The second kappa shape index (κ2) is 7.93. The van der Waals surface area contributed by atoms with Crippen LogP contribution in [0.1, 0.15) is 15.9 Å². The molecule has 0 N–H and O–H groups in total. The third-order valence-electron chi connectivity index (χ3n) is 5.17. The predicted octanol–water partition coefficient (Wildman–Crippen LogP) is 2.70. The molecule has 2 heterocycles. The molecule has 3 aromatic rings. The number of benzene rings is 2. The molecule has 1 fully saturated rings. The fraction of sp³-hybridized carbons (Fsp3) is 0.143. The number of rotatable bonds is 5. The van der Waals surface area contributed by atoms with Gasteiger partial charge in [0.05, 0.1) is 27.4 Å². The molecule has 0 saturated carbocycles. The standard InChI is InChI=1S/C21H16N4O6S/c1-22-15-8-3-12(9-16(15)23(2)20(22)28)10-18-19(27)24(21(29)32-18)11-17(26)13-4-6-14(7-5-13)25(30)31/h3-10H,11H2,1-2H3/b18-10+. The van der Waals surface area contributed by atoms with Gasteiger partial charge in [-0.3, -0.25) is 38.5 Å². The highest BCUT2D eigenvalue weighted by atomic mass is 32.2. The molecular formula is C21H16N4O6S. The van der Waals surface area contributed by atoms with Crippen LogP contribution in [0.3, 0.4) is 0 Å². The quantitative estimate of drug-likeness (QED) is 0.252. The van der Waals surface area contributed by atoms with Crippen molar-refractivity contribution in [2.45, 2.75) is 0 Å². The van der Waals surface area contributed by atoms with Crippen molar-refractivity contribution in [3.8, 4) is 0 Å². The Morgan fingerprint density at radius 2 is 1.69 bits per heavy atom. The maximum absolute atomic E-state index is 12.7. The molecular weight excluding hydrogens is 436 g/mol. The summed E-state index contributed by atoms with van der Waals surface area (Å²) in [5.74, 6) is -1.11.